The third kappa shape index (κ3) is 2.40. The van der Waals surface area contributed by atoms with Crippen molar-refractivity contribution in [1.82, 2.24) is 14.5 Å². The van der Waals surface area contributed by atoms with Gasteiger partial charge in [-0.2, -0.15) is 4.99 Å². The van der Waals surface area contributed by atoms with Gasteiger partial charge in [0.15, 0.2) is 0 Å². The van der Waals surface area contributed by atoms with Crippen LogP contribution in [0.15, 0.2) is 47.7 Å². The zero-order chi connectivity index (χ0) is 16.5. The first-order chi connectivity index (χ1) is 11.8. The zero-order valence-electron chi connectivity index (χ0n) is 13.1. The fourth-order valence-corrected chi connectivity index (χ4v) is 2.76. The maximum atomic E-state index is 12.4. The first-order valence-corrected chi connectivity index (χ1v) is 7.58. The second-order valence-electron chi connectivity index (χ2n) is 5.38. The maximum Gasteiger partial charge on any atom is 0.281 e. The van der Waals surface area contributed by atoms with Crippen LogP contribution in [-0.4, -0.2) is 34.1 Å². The van der Waals surface area contributed by atoms with Crippen molar-refractivity contribution in [3.8, 4) is 5.75 Å². The molecule has 1 aromatic carbocycles. The summed E-state index contributed by atoms with van der Waals surface area (Å²) in [5.41, 5.74) is 1.54. The number of amides is 1. The average molecular weight is 321 g/mol. The summed E-state index contributed by atoms with van der Waals surface area (Å²) >= 11 is 0. The highest BCUT2D eigenvalue weighted by molar-refractivity contribution is 5.95. The molecule has 0 saturated carbocycles. The molecule has 0 radical (unpaired) electrons. The lowest BCUT2D eigenvalue weighted by molar-refractivity contribution is 0.0996. The number of nitrogens with one attached hydrogen (secondary N) is 1. The Kier molecular flexibility index (Phi) is 3.45. The number of aromatic nitrogens is 3. The van der Waals surface area contributed by atoms with Crippen LogP contribution in [0.25, 0.3) is 10.9 Å². The third-order valence-corrected chi connectivity index (χ3v) is 3.93. The van der Waals surface area contributed by atoms with Gasteiger partial charge in [-0.25, -0.2) is 4.98 Å². The number of anilines is 1. The summed E-state index contributed by atoms with van der Waals surface area (Å²) in [7, 11) is 1.61. The first-order valence-electron chi connectivity index (χ1n) is 7.58. The number of rotatable bonds is 2. The van der Waals surface area contributed by atoms with Crippen molar-refractivity contribution in [3.05, 3.63) is 53.9 Å². The summed E-state index contributed by atoms with van der Waals surface area (Å²) in [6.45, 7) is 1.49. The van der Waals surface area contributed by atoms with E-state index >= 15 is 0 Å². The largest absolute Gasteiger partial charge is 0.497 e. The molecular weight excluding hydrogens is 306 g/mol. The molecule has 0 spiro atoms. The molecule has 4 rings (SSSR count). The quantitative estimate of drug-likeness (QED) is 0.775. The summed E-state index contributed by atoms with van der Waals surface area (Å²) in [5.74, 6) is 1.27. The number of benzene rings is 1. The summed E-state index contributed by atoms with van der Waals surface area (Å²) in [5, 5.41) is 4.31. The minimum Gasteiger partial charge on any atom is -0.497 e. The fourth-order valence-electron chi connectivity index (χ4n) is 2.76. The lowest BCUT2D eigenvalue weighted by atomic mass is 10.2. The van der Waals surface area contributed by atoms with Crippen molar-refractivity contribution in [2.45, 2.75) is 6.54 Å². The molecule has 1 N–H and O–H groups in total. The number of fused-ring (bicyclic) bond motifs is 3. The smallest absolute Gasteiger partial charge is 0.281 e. The minimum absolute atomic E-state index is 0.362. The molecule has 1 amide bonds. The van der Waals surface area contributed by atoms with Gasteiger partial charge in [-0.3, -0.25) is 14.3 Å². The molecule has 1 aliphatic heterocycles. The summed E-state index contributed by atoms with van der Waals surface area (Å²) in [6.07, 6.45) is 3.12. The van der Waals surface area contributed by atoms with Gasteiger partial charge in [0.1, 0.15) is 11.6 Å². The van der Waals surface area contributed by atoms with E-state index in [9.17, 15) is 4.79 Å². The highest BCUT2D eigenvalue weighted by Crippen LogP contribution is 2.26. The second-order valence-corrected chi connectivity index (χ2v) is 5.38. The molecule has 0 bridgehead atoms. The zero-order valence-corrected chi connectivity index (χ0v) is 13.1. The van der Waals surface area contributed by atoms with E-state index in [1.807, 2.05) is 22.8 Å². The van der Waals surface area contributed by atoms with Gasteiger partial charge in [-0.05, 0) is 24.3 Å². The molecular formula is C17H15N5O2. The van der Waals surface area contributed by atoms with Gasteiger partial charge in [0.2, 0.25) is 5.62 Å². The average Bonchev–Trinajstić information content (AvgIpc) is 3.12. The van der Waals surface area contributed by atoms with Gasteiger partial charge < -0.3 is 10.1 Å². The summed E-state index contributed by atoms with van der Waals surface area (Å²) in [6, 6.07) is 9.08. The van der Waals surface area contributed by atoms with Crippen molar-refractivity contribution < 1.29 is 9.53 Å². The SMILES string of the molecule is COc1ccc2c3n(c(=NC(=O)c4cccnc4)nc2c1)CCN3. The topological polar surface area (TPSA) is 81.4 Å². The number of hydrogen-bond acceptors (Lipinski definition) is 5. The predicted octanol–water partition coefficient (Wildman–Crippen LogP) is 1.61. The standard InChI is InChI=1S/C17H15N5O2/c1-24-12-4-5-13-14(9-12)20-17(22-8-7-19-15(13)22)21-16(23)11-3-2-6-18-10-11/h2-6,9-10,19H,7-8H2,1H3. The molecule has 3 heterocycles. The van der Waals surface area contributed by atoms with Gasteiger partial charge in [0.05, 0.1) is 18.2 Å². The first kappa shape index (κ1) is 14.4. The lowest BCUT2D eigenvalue weighted by Gasteiger charge is -2.09. The number of carbonyl (C=O) groups excluding carboxylic acids is 1. The number of carbonyl (C=O) groups is 1. The summed E-state index contributed by atoms with van der Waals surface area (Å²) < 4.78 is 7.18. The van der Waals surface area contributed by atoms with E-state index in [0.717, 1.165) is 23.3 Å². The minimum atomic E-state index is -0.362. The van der Waals surface area contributed by atoms with Crippen molar-refractivity contribution in [2.24, 2.45) is 4.99 Å². The molecule has 0 atom stereocenters. The molecule has 0 unspecified atom stereocenters. The Morgan fingerprint density at radius 1 is 1.38 bits per heavy atom. The molecule has 24 heavy (non-hydrogen) atoms. The van der Waals surface area contributed by atoms with Crippen molar-refractivity contribution in [3.63, 3.8) is 0 Å². The predicted molar refractivity (Wildman–Crippen MR) is 88.9 cm³/mol. The van der Waals surface area contributed by atoms with E-state index in [2.05, 4.69) is 20.3 Å². The van der Waals surface area contributed by atoms with Crippen LogP contribution in [0, 0.1) is 0 Å². The Bertz CT molecular complexity index is 995. The normalized spacial score (nSPS) is 13.6. The summed E-state index contributed by atoms with van der Waals surface area (Å²) in [4.78, 5) is 25.1. The number of ether oxygens (including phenoxy) is 1. The van der Waals surface area contributed by atoms with Gasteiger partial charge in [-0.15, -0.1) is 0 Å². The van der Waals surface area contributed by atoms with Crippen LogP contribution in [-0.2, 0) is 6.54 Å². The Morgan fingerprint density at radius 2 is 2.29 bits per heavy atom. The Balaban J connectivity index is 1.92. The monoisotopic (exact) mass is 321 g/mol. The molecule has 0 aliphatic carbocycles. The van der Waals surface area contributed by atoms with E-state index < -0.39 is 0 Å². The molecule has 0 saturated heterocycles. The molecule has 120 valence electrons. The third-order valence-electron chi connectivity index (χ3n) is 3.93. The highest BCUT2D eigenvalue weighted by atomic mass is 16.5. The fraction of sp³-hybridized carbons (Fsp3) is 0.176. The Labute approximate surface area is 137 Å². The maximum absolute atomic E-state index is 12.4. The second kappa shape index (κ2) is 5.77. The van der Waals surface area contributed by atoms with Gasteiger partial charge >= 0.3 is 0 Å². The van der Waals surface area contributed by atoms with Crippen LogP contribution in [0.5, 0.6) is 5.75 Å². The van der Waals surface area contributed by atoms with Gasteiger partial charge in [0.25, 0.3) is 5.91 Å². The van der Waals surface area contributed by atoms with E-state index in [4.69, 9.17) is 4.74 Å². The Morgan fingerprint density at radius 3 is 3.08 bits per heavy atom. The number of pyridine rings is 1. The molecule has 1 aliphatic rings. The van der Waals surface area contributed by atoms with Gasteiger partial charge in [0, 0.05) is 36.9 Å². The van der Waals surface area contributed by atoms with Crippen molar-refractivity contribution in [1.29, 1.82) is 0 Å². The molecule has 3 aromatic rings. The van der Waals surface area contributed by atoms with E-state index in [0.29, 0.717) is 23.5 Å². The van der Waals surface area contributed by atoms with Crippen LogP contribution in [0.2, 0.25) is 0 Å². The van der Waals surface area contributed by atoms with Crippen LogP contribution < -0.4 is 15.7 Å². The van der Waals surface area contributed by atoms with Crippen molar-refractivity contribution in [2.75, 3.05) is 19.0 Å². The number of methoxy groups -OCH3 is 1. The van der Waals surface area contributed by atoms with Crippen LogP contribution in [0.4, 0.5) is 5.82 Å². The molecule has 2 aromatic heterocycles. The molecule has 0 fully saturated rings. The van der Waals surface area contributed by atoms with E-state index in [-0.39, 0.29) is 5.91 Å². The van der Waals surface area contributed by atoms with Gasteiger partial charge in [-0.1, -0.05) is 0 Å². The van der Waals surface area contributed by atoms with Crippen molar-refractivity contribution >= 4 is 22.6 Å². The van der Waals surface area contributed by atoms with Crippen LogP contribution in [0.3, 0.4) is 0 Å². The lowest BCUT2D eigenvalue weighted by Crippen LogP contribution is -2.24. The molecule has 7 nitrogen and oxygen atoms in total. The molecule has 7 heteroatoms. The van der Waals surface area contributed by atoms with Crippen LogP contribution >= 0.6 is 0 Å². The Hall–Kier alpha value is -3.22. The van der Waals surface area contributed by atoms with E-state index in [1.54, 1.807) is 25.4 Å². The number of nitrogens with zero attached hydrogens (tertiary/aromatic N) is 4. The van der Waals surface area contributed by atoms with E-state index in [1.165, 1.54) is 6.20 Å². The highest BCUT2D eigenvalue weighted by Gasteiger charge is 2.16. The number of hydrogen-bond donors (Lipinski definition) is 1. The van der Waals surface area contributed by atoms with Crippen LogP contribution in [0.1, 0.15) is 10.4 Å².